The molecule has 4 heteroatoms. The van der Waals surface area contributed by atoms with Crippen LogP contribution in [0.4, 0.5) is 0 Å². The minimum atomic E-state index is -0.178. The Bertz CT molecular complexity index is 218. The molecule has 0 saturated carbocycles. The molecular weight excluding hydrogens is 168 g/mol. The van der Waals surface area contributed by atoms with Gasteiger partial charge in [0.15, 0.2) is 0 Å². The minimum absolute atomic E-state index is 0.178. The molecule has 0 fully saturated rings. The van der Waals surface area contributed by atoms with E-state index in [9.17, 15) is 0 Å². The Kier molecular flexibility index (Phi) is 2.71. The predicted octanol–water partition coefficient (Wildman–Crippen LogP) is 0.849. The van der Waals surface area contributed by atoms with Crippen molar-refractivity contribution in [2.24, 2.45) is 5.73 Å². The molecule has 0 spiro atoms. The average Bonchev–Trinajstić information content (AvgIpc) is 2.60. The van der Waals surface area contributed by atoms with Gasteiger partial charge in [0, 0.05) is 13.1 Å². The van der Waals surface area contributed by atoms with E-state index in [1.165, 1.54) is 0 Å². The number of methoxy groups -OCH3 is 1. The largest absolute Gasteiger partial charge is 0.478 e. The lowest BCUT2D eigenvalue weighted by atomic mass is 10.2. The highest BCUT2D eigenvalue weighted by Crippen LogP contribution is 2.35. The van der Waals surface area contributed by atoms with E-state index in [4.69, 9.17) is 15.2 Å². The van der Waals surface area contributed by atoms with E-state index in [1.54, 1.807) is 7.11 Å². The van der Waals surface area contributed by atoms with Crippen molar-refractivity contribution in [1.82, 2.24) is 4.90 Å². The SMILES string of the molecule is COC1=C(OC(C)(C)C)N1CCN. The standard InChI is InChI=1S/C9H18N2O2/c1-9(2,3)13-8-7(12-4)11(8)6-5-10/h5-6,10H2,1-4H3. The Morgan fingerprint density at radius 3 is 2.31 bits per heavy atom. The summed E-state index contributed by atoms with van der Waals surface area (Å²) in [6.45, 7) is 7.38. The lowest BCUT2D eigenvalue weighted by Gasteiger charge is -2.18. The minimum Gasteiger partial charge on any atom is -0.478 e. The van der Waals surface area contributed by atoms with Gasteiger partial charge in [0.25, 0.3) is 11.8 Å². The van der Waals surface area contributed by atoms with Gasteiger partial charge in [-0.15, -0.1) is 0 Å². The number of hydrogen-bond acceptors (Lipinski definition) is 4. The van der Waals surface area contributed by atoms with E-state index >= 15 is 0 Å². The van der Waals surface area contributed by atoms with Crippen molar-refractivity contribution < 1.29 is 9.47 Å². The Labute approximate surface area is 79.3 Å². The Morgan fingerprint density at radius 2 is 1.92 bits per heavy atom. The third kappa shape index (κ3) is 2.52. The summed E-state index contributed by atoms with van der Waals surface area (Å²) in [5.41, 5.74) is 5.25. The molecule has 0 unspecified atom stereocenters. The van der Waals surface area contributed by atoms with Crippen LogP contribution in [0, 0.1) is 0 Å². The van der Waals surface area contributed by atoms with Crippen molar-refractivity contribution in [1.29, 1.82) is 0 Å². The molecule has 1 rings (SSSR count). The van der Waals surface area contributed by atoms with Crippen LogP contribution >= 0.6 is 0 Å². The van der Waals surface area contributed by atoms with Crippen LogP contribution < -0.4 is 5.73 Å². The highest BCUT2D eigenvalue weighted by Gasteiger charge is 2.39. The zero-order valence-electron chi connectivity index (χ0n) is 8.76. The zero-order valence-corrected chi connectivity index (χ0v) is 8.76. The maximum absolute atomic E-state index is 5.64. The molecule has 0 aliphatic carbocycles. The van der Waals surface area contributed by atoms with Gasteiger partial charge >= 0.3 is 0 Å². The first-order valence-electron chi connectivity index (χ1n) is 4.44. The van der Waals surface area contributed by atoms with E-state index < -0.39 is 0 Å². The molecule has 0 bridgehead atoms. The summed E-state index contributed by atoms with van der Waals surface area (Å²) in [6, 6.07) is 0. The molecule has 2 N–H and O–H groups in total. The van der Waals surface area contributed by atoms with Gasteiger partial charge in [-0.25, -0.2) is 0 Å². The van der Waals surface area contributed by atoms with Gasteiger partial charge in [-0.1, -0.05) is 0 Å². The summed E-state index contributed by atoms with van der Waals surface area (Å²) in [5.74, 6) is 1.63. The van der Waals surface area contributed by atoms with Crippen LogP contribution in [-0.4, -0.2) is 30.7 Å². The summed E-state index contributed by atoms with van der Waals surface area (Å²) in [4.78, 5) is 1.94. The summed E-state index contributed by atoms with van der Waals surface area (Å²) in [5, 5.41) is 0. The highest BCUT2D eigenvalue weighted by atomic mass is 16.6. The van der Waals surface area contributed by atoms with Crippen molar-refractivity contribution in [2.75, 3.05) is 20.2 Å². The molecule has 13 heavy (non-hydrogen) atoms. The van der Waals surface area contributed by atoms with Crippen LogP contribution in [0.1, 0.15) is 20.8 Å². The van der Waals surface area contributed by atoms with Crippen molar-refractivity contribution in [3.63, 3.8) is 0 Å². The van der Waals surface area contributed by atoms with E-state index in [-0.39, 0.29) is 5.60 Å². The van der Waals surface area contributed by atoms with Crippen LogP contribution in [0.3, 0.4) is 0 Å². The average molecular weight is 186 g/mol. The molecule has 1 aliphatic heterocycles. The molecule has 0 saturated heterocycles. The highest BCUT2D eigenvalue weighted by molar-refractivity contribution is 5.21. The molecule has 0 amide bonds. The normalized spacial score (nSPS) is 16.2. The van der Waals surface area contributed by atoms with Gasteiger partial charge in [-0.3, -0.25) is 4.90 Å². The fourth-order valence-electron chi connectivity index (χ4n) is 1.08. The molecular formula is C9H18N2O2. The number of hydrogen-bond donors (Lipinski definition) is 1. The third-order valence-corrected chi connectivity index (χ3v) is 1.57. The molecule has 76 valence electrons. The van der Waals surface area contributed by atoms with Crippen molar-refractivity contribution in [2.45, 2.75) is 26.4 Å². The summed E-state index contributed by atoms with van der Waals surface area (Å²) < 4.78 is 10.8. The topological polar surface area (TPSA) is 47.5 Å². The Morgan fingerprint density at radius 1 is 1.31 bits per heavy atom. The Hall–Kier alpha value is -0.900. The van der Waals surface area contributed by atoms with Crippen LogP contribution in [0.2, 0.25) is 0 Å². The number of nitrogens with zero attached hydrogens (tertiary/aromatic N) is 1. The summed E-state index contributed by atoms with van der Waals surface area (Å²) in [7, 11) is 1.64. The quantitative estimate of drug-likeness (QED) is 0.707. The molecule has 1 aliphatic rings. The predicted molar refractivity (Wildman–Crippen MR) is 50.6 cm³/mol. The van der Waals surface area contributed by atoms with Gasteiger partial charge in [-0.05, 0) is 20.8 Å². The number of rotatable bonds is 4. The van der Waals surface area contributed by atoms with Crippen LogP contribution in [0.15, 0.2) is 11.8 Å². The monoisotopic (exact) mass is 186 g/mol. The first kappa shape index (κ1) is 10.2. The maximum Gasteiger partial charge on any atom is 0.260 e. The van der Waals surface area contributed by atoms with E-state index in [2.05, 4.69) is 0 Å². The Balaban J connectivity index is 2.46. The number of nitrogens with two attached hydrogens (primary N) is 1. The van der Waals surface area contributed by atoms with Crippen LogP contribution in [-0.2, 0) is 9.47 Å². The van der Waals surface area contributed by atoms with Gasteiger partial charge < -0.3 is 15.2 Å². The second-order valence-corrected chi connectivity index (χ2v) is 3.97. The molecule has 1 heterocycles. The molecule has 0 aromatic heterocycles. The van der Waals surface area contributed by atoms with Crippen LogP contribution in [0.25, 0.3) is 0 Å². The molecule has 0 aromatic carbocycles. The molecule has 0 radical (unpaired) electrons. The fourth-order valence-corrected chi connectivity index (χ4v) is 1.08. The van der Waals surface area contributed by atoms with Crippen molar-refractivity contribution in [3.8, 4) is 0 Å². The zero-order chi connectivity index (χ0) is 10.1. The van der Waals surface area contributed by atoms with Gasteiger partial charge in [0.05, 0.1) is 7.11 Å². The molecule has 0 atom stereocenters. The first-order chi connectivity index (χ1) is 5.99. The third-order valence-electron chi connectivity index (χ3n) is 1.57. The van der Waals surface area contributed by atoms with E-state index in [0.29, 0.717) is 6.54 Å². The van der Waals surface area contributed by atoms with Crippen LogP contribution in [0.5, 0.6) is 0 Å². The summed E-state index contributed by atoms with van der Waals surface area (Å²) in [6.07, 6.45) is 0. The lowest BCUT2D eigenvalue weighted by molar-refractivity contribution is 0.0416. The lowest BCUT2D eigenvalue weighted by Crippen LogP contribution is -2.21. The van der Waals surface area contributed by atoms with E-state index in [0.717, 1.165) is 18.3 Å². The smallest absolute Gasteiger partial charge is 0.260 e. The maximum atomic E-state index is 5.64. The number of ether oxygens (including phenoxy) is 2. The molecule has 4 nitrogen and oxygen atoms in total. The van der Waals surface area contributed by atoms with Gasteiger partial charge in [0.1, 0.15) is 5.60 Å². The van der Waals surface area contributed by atoms with Gasteiger partial charge in [-0.2, -0.15) is 0 Å². The fraction of sp³-hybridized carbons (Fsp3) is 0.778. The van der Waals surface area contributed by atoms with Gasteiger partial charge in [0.2, 0.25) is 0 Å². The first-order valence-corrected chi connectivity index (χ1v) is 4.44. The van der Waals surface area contributed by atoms with Crippen molar-refractivity contribution >= 4 is 0 Å². The van der Waals surface area contributed by atoms with Crippen molar-refractivity contribution in [3.05, 3.63) is 11.8 Å². The second kappa shape index (κ2) is 3.46. The molecule has 0 aromatic rings. The second-order valence-electron chi connectivity index (χ2n) is 3.97. The summed E-state index contributed by atoms with van der Waals surface area (Å²) >= 11 is 0. The van der Waals surface area contributed by atoms with E-state index in [1.807, 2.05) is 25.7 Å².